The first-order chi connectivity index (χ1) is 9.64. The molecule has 0 radical (unpaired) electrons. The summed E-state index contributed by atoms with van der Waals surface area (Å²) in [6.45, 7) is 5.02. The van der Waals surface area contributed by atoms with Gasteiger partial charge in [0.15, 0.2) is 0 Å². The van der Waals surface area contributed by atoms with Crippen molar-refractivity contribution in [2.24, 2.45) is 0 Å². The molecule has 0 unspecified atom stereocenters. The van der Waals surface area contributed by atoms with Crippen molar-refractivity contribution in [2.75, 3.05) is 0 Å². The number of hydrazine groups is 2. The minimum absolute atomic E-state index is 0.552. The van der Waals surface area contributed by atoms with Crippen molar-refractivity contribution >= 4 is 22.0 Å². The van der Waals surface area contributed by atoms with Crippen LogP contribution >= 0.6 is 11.9 Å². The van der Waals surface area contributed by atoms with Gasteiger partial charge in [-0.05, 0) is 44.9 Å². The average molecular weight is 335 g/mol. The van der Waals surface area contributed by atoms with Crippen LogP contribution in [0.25, 0.3) is 0 Å². The summed E-state index contributed by atoms with van der Waals surface area (Å²) in [6.07, 6.45) is 1.56. The van der Waals surface area contributed by atoms with Gasteiger partial charge in [-0.1, -0.05) is 8.94 Å². The van der Waals surface area contributed by atoms with Gasteiger partial charge in [-0.15, -0.1) is 0 Å². The molecule has 5 nitrogen and oxygen atoms in total. The van der Waals surface area contributed by atoms with Crippen LogP contribution in [0.4, 0.5) is 8.78 Å². The molecule has 0 spiro atoms. The number of rotatable bonds is 3. The lowest BCUT2D eigenvalue weighted by atomic mass is 10.1. The number of halogens is 2. The number of hydrogen-bond donors (Lipinski definition) is 1. The Balaban J connectivity index is 2.52. The largest absolute Gasteiger partial charge is 0.301 e. The molecular weight excluding hydrogens is 320 g/mol. The van der Waals surface area contributed by atoms with Gasteiger partial charge in [0.05, 0.1) is 0 Å². The summed E-state index contributed by atoms with van der Waals surface area (Å²) < 4.78 is 54.6. The van der Waals surface area contributed by atoms with Crippen LogP contribution in [0.3, 0.4) is 0 Å². The van der Waals surface area contributed by atoms with Gasteiger partial charge in [-0.2, -0.15) is 0 Å². The van der Waals surface area contributed by atoms with E-state index in [4.69, 9.17) is 0 Å². The second-order valence-electron chi connectivity index (χ2n) is 5.30. The molecule has 1 heterocycles. The first-order valence-electron chi connectivity index (χ1n) is 6.02. The Kier molecular flexibility index (Phi) is 4.29. The highest BCUT2D eigenvalue weighted by Gasteiger charge is 2.41. The van der Waals surface area contributed by atoms with Crippen LogP contribution < -0.4 is 5.43 Å². The predicted molar refractivity (Wildman–Crippen MR) is 76.8 cm³/mol. The van der Waals surface area contributed by atoms with Crippen molar-refractivity contribution < 1.29 is 17.2 Å². The topological polar surface area (TPSA) is 52.6 Å². The van der Waals surface area contributed by atoms with Gasteiger partial charge in [0, 0.05) is 23.2 Å². The standard InChI is InChI=1S/C12H15F2N3O2S2/c1-12(2,3)16(17-15-6-7-20-17)21(18,19)11-5-4-9(13)8-10(11)14/h4-8,15H,1-3H3. The second kappa shape index (κ2) is 5.56. The summed E-state index contributed by atoms with van der Waals surface area (Å²) in [5, 5.41) is 1.65. The molecule has 116 valence electrons. The molecule has 0 aromatic heterocycles. The third kappa shape index (κ3) is 3.20. The van der Waals surface area contributed by atoms with Crippen LogP contribution in [0.5, 0.6) is 0 Å². The minimum Gasteiger partial charge on any atom is -0.301 e. The van der Waals surface area contributed by atoms with Gasteiger partial charge in [0.25, 0.3) is 10.0 Å². The van der Waals surface area contributed by atoms with E-state index in [0.29, 0.717) is 6.07 Å². The predicted octanol–water partition coefficient (Wildman–Crippen LogP) is 2.61. The molecule has 9 heteroatoms. The van der Waals surface area contributed by atoms with Gasteiger partial charge >= 0.3 is 0 Å². The fraction of sp³-hybridized carbons (Fsp3) is 0.333. The Morgan fingerprint density at radius 1 is 1.29 bits per heavy atom. The van der Waals surface area contributed by atoms with Crippen LogP contribution in [0.1, 0.15) is 20.8 Å². The molecule has 0 bridgehead atoms. The molecule has 2 rings (SSSR count). The maximum Gasteiger partial charge on any atom is 0.261 e. The number of sulfonamides is 1. The molecule has 0 saturated carbocycles. The molecule has 0 fully saturated rings. The number of benzene rings is 1. The summed E-state index contributed by atoms with van der Waals surface area (Å²) in [4.78, 5) is -0.576. The lowest BCUT2D eigenvalue weighted by Crippen LogP contribution is -2.55. The van der Waals surface area contributed by atoms with Crippen molar-refractivity contribution in [2.45, 2.75) is 31.2 Å². The molecule has 0 amide bonds. The van der Waals surface area contributed by atoms with Gasteiger partial charge in [0.1, 0.15) is 16.5 Å². The maximum absolute atomic E-state index is 13.9. The first kappa shape index (κ1) is 16.2. The van der Waals surface area contributed by atoms with Crippen LogP contribution in [0.15, 0.2) is 34.7 Å². The number of hydrogen-bond acceptors (Lipinski definition) is 5. The summed E-state index contributed by atoms with van der Waals surface area (Å²) >= 11 is 1.10. The van der Waals surface area contributed by atoms with Crippen LogP contribution in [-0.2, 0) is 10.0 Å². The van der Waals surface area contributed by atoms with E-state index >= 15 is 0 Å². The van der Waals surface area contributed by atoms with Gasteiger partial charge < -0.3 is 5.43 Å². The zero-order chi connectivity index (χ0) is 15.8. The number of nitrogens with zero attached hydrogens (tertiary/aromatic N) is 2. The zero-order valence-corrected chi connectivity index (χ0v) is 13.3. The van der Waals surface area contributed by atoms with E-state index in [1.54, 1.807) is 32.4 Å². The lowest BCUT2D eigenvalue weighted by molar-refractivity contribution is 0.0583. The van der Waals surface area contributed by atoms with Crippen molar-refractivity contribution in [3.63, 3.8) is 0 Å². The van der Waals surface area contributed by atoms with Gasteiger partial charge in [-0.25, -0.2) is 17.2 Å². The summed E-state index contributed by atoms with van der Waals surface area (Å²) in [5.41, 5.74) is 1.88. The Morgan fingerprint density at radius 2 is 1.95 bits per heavy atom. The van der Waals surface area contributed by atoms with E-state index in [-0.39, 0.29) is 0 Å². The average Bonchev–Trinajstić information content (AvgIpc) is 2.79. The molecule has 21 heavy (non-hydrogen) atoms. The van der Waals surface area contributed by atoms with E-state index < -0.39 is 32.1 Å². The van der Waals surface area contributed by atoms with Crippen LogP contribution in [-0.4, -0.2) is 22.9 Å². The molecule has 1 aliphatic rings. The van der Waals surface area contributed by atoms with E-state index in [2.05, 4.69) is 5.43 Å². The SMILES string of the molecule is CC(C)(C)N(N1NC=CS1)S(=O)(=O)c1ccc(F)cc1F. The fourth-order valence-electron chi connectivity index (χ4n) is 1.82. The summed E-state index contributed by atoms with van der Waals surface area (Å²) in [5.74, 6) is -1.95. The van der Waals surface area contributed by atoms with Crippen molar-refractivity contribution in [3.05, 3.63) is 41.4 Å². The van der Waals surface area contributed by atoms with Crippen LogP contribution in [0.2, 0.25) is 0 Å². The third-order valence-electron chi connectivity index (χ3n) is 2.55. The summed E-state index contributed by atoms with van der Waals surface area (Å²) in [6, 6.07) is 2.39. The Labute approximate surface area is 126 Å². The summed E-state index contributed by atoms with van der Waals surface area (Å²) in [7, 11) is -4.20. The van der Waals surface area contributed by atoms with E-state index in [0.717, 1.165) is 28.5 Å². The minimum atomic E-state index is -4.20. The molecule has 1 aromatic rings. The fourth-order valence-corrected chi connectivity index (χ4v) is 4.58. The molecular formula is C12H15F2N3O2S2. The highest BCUT2D eigenvalue weighted by molar-refractivity contribution is 8.00. The van der Waals surface area contributed by atoms with Gasteiger partial charge in [0.2, 0.25) is 0 Å². The highest BCUT2D eigenvalue weighted by Crippen LogP contribution is 2.32. The monoisotopic (exact) mass is 335 g/mol. The quantitative estimate of drug-likeness (QED) is 0.861. The molecule has 1 aliphatic heterocycles. The Morgan fingerprint density at radius 3 is 2.43 bits per heavy atom. The van der Waals surface area contributed by atoms with Crippen molar-refractivity contribution in [1.29, 1.82) is 0 Å². The van der Waals surface area contributed by atoms with Crippen molar-refractivity contribution in [3.8, 4) is 0 Å². The highest BCUT2D eigenvalue weighted by atomic mass is 32.2. The zero-order valence-electron chi connectivity index (χ0n) is 11.7. The lowest BCUT2D eigenvalue weighted by Gasteiger charge is -2.38. The normalized spacial score (nSPS) is 16.5. The van der Waals surface area contributed by atoms with Gasteiger partial charge in [-0.3, -0.25) is 0 Å². The molecule has 0 aliphatic carbocycles. The first-order valence-corrected chi connectivity index (χ1v) is 8.30. The van der Waals surface area contributed by atoms with Crippen molar-refractivity contribution in [1.82, 2.24) is 14.4 Å². The second-order valence-corrected chi connectivity index (χ2v) is 7.87. The van der Waals surface area contributed by atoms with E-state index in [1.807, 2.05) is 0 Å². The number of nitrogens with one attached hydrogen (secondary N) is 1. The smallest absolute Gasteiger partial charge is 0.261 e. The Bertz CT molecular complexity index is 664. The van der Waals surface area contributed by atoms with E-state index in [1.165, 1.54) is 4.52 Å². The Hall–Kier alpha value is -1.16. The molecule has 0 saturated heterocycles. The van der Waals surface area contributed by atoms with Crippen LogP contribution in [0, 0.1) is 11.6 Å². The van der Waals surface area contributed by atoms with E-state index in [9.17, 15) is 17.2 Å². The maximum atomic E-state index is 13.9. The third-order valence-corrected chi connectivity index (χ3v) is 5.43. The molecule has 1 N–H and O–H groups in total. The molecule has 0 atom stereocenters. The molecule has 1 aromatic carbocycles.